The Bertz CT molecular complexity index is 231. The standard InChI is InChI=1S/C11H20N2O2/c1-3-14-11(15-4-2)7-5-6-10-12-8-9-13-10/h8-9,11H,3-7H2,1-2H3,(H,12,13). The van der Waals surface area contributed by atoms with Crippen LogP contribution in [0.4, 0.5) is 0 Å². The fraction of sp³-hybridized carbons (Fsp3) is 0.727. The SMILES string of the molecule is CCOC(CCCc1ncc[nH]1)OCC. The lowest BCUT2D eigenvalue weighted by molar-refractivity contribution is -0.140. The van der Waals surface area contributed by atoms with Crippen LogP contribution in [0.15, 0.2) is 12.4 Å². The van der Waals surface area contributed by atoms with Gasteiger partial charge in [0.25, 0.3) is 0 Å². The van der Waals surface area contributed by atoms with Gasteiger partial charge in [-0.2, -0.15) is 0 Å². The van der Waals surface area contributed by atoms with Crippen molar-refractivity contribution in [2.45, 2.75) is 39.4 Å². The Morgan fingerprint density at radius 1 is 1.33 bits per heavy atom. The molecule has 1 N–H and O–H groups in total. The minimum atomic E-state index is -0.0602. The number of imidazole rings is 1. The van der Waals surface area contributed by atoms with Crippen molar-refractivity contribution in [3.8, 4) is 0 Å². The molecule has 4 nitrogen and oxygen atoms in total. The number of hydrogen-bond acceptors (Lipinski definition) is 3. The van der Waals surface area contributed by atoms with Gasteiger partial charge in [0.15, 0.2) is 6.29 Å². The zero-order valence-electron chi connectivity index (χ0n) is 9.53. The Morgan fingerprint density at radius 3 is 2.60 bits per heavy atom. The first-order valence-corrected chi connectivity index (χ1v) is 5.58. The Hall–Kier alpha value is -0.870. The van der Waals surface area contributed by atoms with Crippen molar-refractivity contribution in [2.24, 2.45) is 0 Å². The Kier molecular flexibility index (Phi) is 6.04. The van der Waals surface area contributed by atoms with Crippen LogP contribution in [0.25, 0.3) is 0 Å². The molecule has 15 heavy (non-hydrogen) atoms. The second-order valence-corrected chi connectivity index (χ2v) is 3.27. The second-order valence-electron chi connectivity index (χ2n) is 3.27. The number of nitrogens with one attached hydrogen (secondary N) is 1. The molecule has 0 aromatic carbocycles. The molecule has 0 aliphatic carbocycles. The Morgan fingerprint density at radius 2 is 2.07 bits per heavy atom. The molecule has 0 unspecified atom stereocenters. The van der Waals surface area contributed by atoms with E-state index >= 15 is 0 Å². The monoisotopic (exact) mass is 212 g/mol. The summed E-state index contributed by atoms with van der Waals surface area (Å²) in [6, 6.07) is 0. The molecule has 0 bridgehead atoms. The molecule has 0 fully saturated rings. The summed E-state index contributed by atoms with van der Waals surface area (Å²) in [6.45, 7) is 5.37. The van der Waals surface area contributed by atoms with E-state index in [1.54, 1.807) is 6.20 Å². The van der Waals surface area contributed by atoms with Crippen molar-refractivity contribution in [2.75, 3.05) is 13.2 Å². The van der Waals surface area contributed by atoms with Gasteiger partial charge in [-0.05, 0) is 26.7 Å². The van der Waals surface area contributed by atoms with E-state index in [1.807, 2.05) is 20.0 Å². The molecule has 0 saturated carbocycles. The molecule has 1 aromatic rings. The molecular weight excluding hydrogens is 192 g/mol. The second kappa shape index (κ2) is 7.43. The van der Waals surface area contributed by atoms with Gasteiger partial charge in [-0.1, -0.05) is 0 Å². The van der Waals surface area contributed by atoms with E-state index in [9.17, 15) is 0 Å². The van der Waals surface area contributed by atoms with Gasteiger partial charge in [-0.15, -0.1) is 0 Å². The molecule has 0 radical (unpaired) electrons. The average Bonchev–Trinajstić information content (AvgIpc) is 2.71. The van der Waals surface area contributed by atoms with Crippen molar-refractivity contribution in [1.29, 1.82) is 0 Å². The molecule has 0 aliphatic rings. The highest BCUT2D eigenvalue weighted by molar-refractivity contribution is 4.86. The fourth-order valence-corrected chi connectivity index (χ4v) is 1.46. The van der Waals surface area contributed by atoms with Gasteiger partial charge in [0.05, 0.1) is 0 Å². The van der Waals surface area contributed by atoms with Gasteiger partial charge in [-0.25, -0.2) is 4.98 Å². The van der Waals surface area contributed by atoms with Crippen LogP contribution >= 0.6 is 0 Å². The van der Waals surface area contributed by atoms with Crippen molar-refractivity contribution < 1.29 is 9.47 Å². The van der Waals surface area contributed by atoms with Gasteiger partial charge < -0.3 is 14.5 Å². The maximum atomic E-state index is 5.45. The van der Waals surface area contributed by atoms with Crippen LogP contribution < -0.4 is 0 Å². The van der Waals surface area contributed by atoms with Crippen molar-refractivity contribution in [1.82, 2.24) is 9.97 Å². The van der Waals surface area contributed by atoms with E-state index in [0.717, 1.165) is 25.1 Å². The van der Waals surface area contributed by atoms with Crippen LogP contribution in [0, 0.1) is 0 Å². The predicted molar refractivity (Wildman–Crippen MR) is 58.6 cm³/mol. The van der Waals surface area contributed by atoms with E-state index in [0.29, 0.717) is 13.2 Å². The molecule has 1 aromatic heterocycles. The number of aromatic amines is 1. The largest absolute Gasteiger partial charge is 0.353 e. The van der Waals surface area contributed by atoms with Crippen LogP contribution in [-0.2, 0) is 15.9 Å². The summed E-state index contributed by atoms with van der Waals surface area (Å²) in [5, 5.41) is 0. The highest BCUT2D eigenvalue weighted by atomic mass is 16.7. The zero-order valence-corrected chi connectivity index (χ0v) is 9.53. The molecule has 0 saturated heterocycles. The van der Waals surface area contributed by atoms with Gasteiger partial charge in [-0.3, -0.25) is 0 Å². The van der Waals surface area contributed by atoms with E-state index in [1.165, 1.54) is 0 Å². The summed E-state index contributed by atoms with van der Waals surface area (Å²) in [5.74, 6) is 1.03. The van der Waals surface area contributed by atoms with Gasteiger partial charge in [0, 0.05) is 32.0 Å². The quantitative estimate of drug-likeness (QED) is 0.671. The van der Waals surface area contributed by atoms with Gasteiger partial charge in [0.2, 0.25) is 0 Å². The van der Waals surface area contributed by atoms with Gasteiger partial charge >= 0.3 is 0 Å². The summed E-state index contributed by atoms with van der Waals surface area (Å²) in [5.41, 5.74) is 0. The van der Waals surface area contributed by atoms with Crippen LogP contribution in [0.5, 0.6) is 0 Å². The number of aryl methyl sites for hydroxylation is 1. The molecule has 1 heterocycles. The molecule has 0 aliphatic heterocycles. The maximum Gasteiger partial charge on any atom is 0.157 e. The third-order valence-corrected chi connectivity index (χ3v) is 2.11. The molecule has 0 atom stereocenters. The Balaban J connectivity index is 2.15. The maximum absolute atomic E-state index is 5.45. The van der Waals surface area contributed by atoms with Crippen LogP contribution in [0.3, 0.4) is 0 Å². The third-order valence-electron chi connectivity index (χ3n) is 2.11. The molecular formula is C11H20N2O2. The average molecular weight is 212 g/mol. The van der Waals surface area contributed by atoms with Gasteiger partial charge in [0.1, 0.15) is 5.82 Å². The molecule has 0 spiro atoms. The topological polar surface area (TPSA) is 47.1 Å². The third kappa shape index (κ3) is 4.95. The summed E-state index contributed by atoms with van der Waals surface area (Å²) in [7, 11) is 0. The summed E-state index contributed by atoms with van der Waals surface area (Å²) in [4.78, 5) is 7.25. The number of nitrogens with zero attached hydrogens (tertiary/aromatic N) is 1. The Labute approximate surface area is 91.0 Å². The van der Waals surface area contributed by atoms with Crippen LogP contribution in [-0.4, -0.2) is 29.5 Å². The van der Waals surface area contributed by atoms with Crippen LogP contribution in [0.2, 0.25) is 0 Å². The summed E-state index contributed by atoms with van der Waals surface area (Å²) < 4.78 is 10.9. The van der Waals surface area contributed by atoms with Crippen LogP contribution in [0.1, 0.15) is 32.5 Å². The summed E-state index contributed by atoms with van der Waals surface area (Å²) >= 11 is 0. The van der Waals surface area contributed by atoms with Crippen molar-refractivity contribution >= 4 is 0 Å². The molecule has 1 rings (SSSR count). The lowest BCUT2D eigenvalue weighted by Crippen LogP contribution is -2.17. The zero-order chi connectivity index (χ0) is 10.9. The van der Waals surface area contributed by atoms with Crippen molar-refractivity contribution in [3.05, 3.63) is 18.2 Å². The minimum absolute atomic E-state index is 0.0602. The predicted octanol–water partition coefficient (Wildman–Crippen LogP) is 2.13. The number of rotatable bonds is 8. The molecule has 86 valence electrons. The van der Waals surface area contributed by atoms with E-state index in [-0.39, 0.29) is 6.29 Å². The van der Waals surface area contributed by atoms with Crippen molar-refractivity contribution in [3.63, 3.8) is 0 Å². The lowest BCUT2D eigenvalue weighted by Gasteiger charge is -2.16. The first-order valence-electron chi connectivity index (χ1n) is 5.58. The van der Waals surface area contributed by atoms with E-state index in [4.69, 9.17) is 9.47 Å². The number of H-pyrrole nitrogens is 1. The lowest BCUT2D eigenvalue weighted by atomic mass is 10.2. The fourth-order valence-electron chi connectivity index (χ4n) is 1.46. The number of hydrogen-bond donors (Lipinski definition) is 1. The molecule has 0 amide bonds. The highest BCUT2D eigenvalue weighted by Crippen LogP contribution is 2.07. The highest BCUT2D eigenvalue weighted by Gasteiger charge is 2.07. The smallest absolute Gasteiger partial charge is 0.157 e. The van der Waals surface area contributed by atoms with E-state index < -0.39 is 0 Å². The minimum Gasteiger partial charge on any atom is -0.353 e. The normalized spacial score (nSPS) is 11.1. The van der Waals surface area contributed by atoms with E-state index in [2.05, 4.69) is 9.97 Å². The first kappa shape index (κ1) is 12.2. The molecule has 4 heteroatoms. The summed E-state index contributed by atoms with van der Waals surface area (Å²) in [6.07, 6.45) is 6.45. The first-order chi connectivity index (χ1) is 7.36. The number of ether oxygens (including phenoxy) is 2. The number of aromatic nitrogens is 2.